The molecule has 13 nitrogen and oxygen atoms in total. The van der Waals surface area contributed by atoms with Crippen LogP contribution in [0.4, 0.5) is 0 Å². The summed E-state index contributed by atoms with van der Waals surface area (Å²) in [6.45, 7) is 6.65. The summed E-state index contributed by atoms with van der Waals surface area (Å²) in [4.78, 5) is 27.3. The van der Waals surface area contributed by atoms with Crippen LogP contribution in [0.15, 0.2) is 0 Å². The highest BCUT2D eigenvalue weighted by Gasteiger charge is 2.50. The van der Waals surface area contributed by atoms with E-state index in [-0.39, 0.29) is 17.7 Å². The van der Waals surface area contributed by atoms with Gasteiger partial charge in [-0.2, -0.15) is 0 Å². The molecule has 0 bridgehead atoms. The molecule has 4 aliphatic rings. The zero-order chi connectivity index (χ0) is 33.0. The van der Waals surface area contributed by atoms with Gasteiger partial charge in [0, 0.05) is 21.0 Å². The lowest BCUT2D eigenvalue weighted by Crippen LogP contribution is -2.66. The zero-order valence-electron chi connectivity index (χ0n) is 27.6. The minimum atomic E-state index is -1.47. The van der Waals surface area contributed by atoms with Gasteiger partial charge in [-0.25, -0.2) is 0 Å². The number of amides is 2. The predicted molar refractivity (Wildman–Crippen MR) is 162 cm³/mol. The number of carbonyl (C=O) groups is 2. The van der Waals surface area contributed by atoms with Crippen molar-refractivity contribution in [1.29, 1.82) is 0 Å². The summed E-state index contributed by atoms with van der Waals surface area (Å²) < 4.78 is 31.2. The molecule has 0 radical (unpaired) electrons. The number of carbonyl (C=O) groups excluding carboxylic acids is 2. The summed E-state index contributed by atoms with van der Waals surface area (Å²) in [6.07, 6.45) is -3.81. The largest absolute Gasteiger partial charge is 0.388 e. The quantitative estimate of drug-likeness (QED) is 0.228. The third-order valence-electron chi connectivity index (χ3n) is 9.98. The van der Waals surface area contributed by atoms with Crippen LogP contribution in [0.1, 0.15) is 85.5 Å². The Bertz CT molecular complexity index is 965. The maximum absolute atomic E-state index is 13.4. The maximum atomic E-state index is 13.4. The number of hydrogen-bond donors (Lipinski definition) is 5. The molecule has 0 aromatic carbocycles. The lowest BCUT2D eigenvalue weighted by molar-refractivity contribution is -0.334. The number of likely N-dealkylation sites (N-methyl/N-ethyl adjacent to an activating group) is 1. The molecule has 2 saturated carbocycles. The second-order valence-corrected chi connectivity index (χ2v) is 13.9. The smallest absolute Gasteiger partial charge is 0.251 e. The van der Waals surface area contributed by atoms with Crippen LogP contribution in [0, 0.1) is 11.8 Å². The first-order chi connectivity index (χ1) is 21.3. The van der Waals surface area contributed by atoms with Crippen LogP contribution >= 0.6 is 0 Å². The molecule has 14 atom stereocenters. The summed E-state index contributed by atoms with van der Waals surface area (Å²) >= 11 is 0. The van der Waals surface area contributed by atoms with Gasteiger partial charge in [0.15, 0.2) is 12.6 Å². The molecule has 2 heterocycles. The van der Waals surface area contributed by atoms with E-state index in [4.69, 9.17) is 23.7 Å². The molecule has 45 heavy (non-hydrogen) atoms. The van der Waals surface area contributed by atoms with Gasteiger partial charge in [0.25, 0.3) is 5.91 Å². The minimum Gasteiger partial charge on any atom is -0.388 e. The fourth-order valence-electron chi connectivity index (χ4n) is 7.25. The highest BCUT2D eigenvalue weighted by Crippen LogP contribution is 2.36. The van der Waals surface area contributed by atoms with Crippen molar-refractivity contribution in [3.8, 4) is 0 Å². The van der Waals surface area contributed by atoms with Crippen LogP contribution in [0.2, 0.25) is 0 Å². The van der Waals surface area contributed by atoms with Gasteiger partial charge in [-0.15, -0.1) is 0 Å². The van der Waals surface area contributed by atoms with Crippen molar-refractivity contribution in [2.24, 2.45) is 11.8 Å². The molecule has 0 aromatic rings. The number of aliphatic hydroxyl groups excluding tert-OH is 4. The molecule has 260 valence electrons. The molecular formula is C32H56N2O11. The van der Waals surface area contributed by atoms with Crippen LogP contribution < -0.4 is 5.32 Å². The molecule has 2 saturated heterocycles. The molecule has 0 aromatic heterocycles. The standard InChI is InChI=1S/C32H56N2O11/c1-16-11-10-14-21(28(16)45-32-27(39)26(38)24(36)17(2)42-32)44-31-23(33-19(4)35)29(25(37)18(3)41-31)43-22(30(40)34(5)6)15-20-12-8-7-9-13-20/h16-18,20-29,31-32,36-39H,7-15H2,1-6H3,(H,33,35)/t16?,17-,18-,21+,22-,23?,24-,25+,26?,27-,28-,29?,31-,32?/m0/s1. The molecule has 5 N–H and O–H groups in total. The first-order valence-electron chi connectivity index (χ1n) is 16.8. The van der Waals surface area contributed by atoms with Crippen molar-refractivity contribution in [3.05, 3.63) is 0 Å². The van der Waals surface area contributed by atoms with Gasteiger partial charge < -0.3 is 54.3 Å². The van der Waals surface area contributed by atoms with E-state index in [1.807, 2.05) is 6.92 Å². The number of hydrogen-bond acceptors (Lipinski definition) is 11. The van der Waals surface area contributed by atoms with Crippen LogP contribution in [-0.2, 0) is 33.3 Å². The van der Waals surface area contributed by atoms with Gasteiger partial charge >= 0.3 is 0 Å². The summed E-state index contributed by atoms with van der Waals surface area (Å²) in [7, 11) is 3.36. The first kappa shape index (κ1) is 36.4. The lowest BCUT2D eigenvalue weighted by atomic mass is 9.84. The van der Waals surface area contributed by atoms with E-state index < -0.39 is 79.7 Å². The van der Waals surface area contributed by atoms with Gasteiger partial charge in [0.1, 0.15) is 42.7 Å². The monoisotopic (exact) mass is 644 g/mol. The normalized spacial score (nSPS) is 42.1. The van der Waals surface area contributed by atoms with Gasteiger partial charge in [-0.3, -0.25) is 9.59 Å². The second-order valence-electron chi connectivity index (χ2n) is 13.9. The number of ether oxygens (including phenoxy) is 5. The maximum Gasteiger partial charge on any atom is 0.251 e. The van der Waals surface area contributed by atoms with Gasteiger partial charge in [-0.05, 0) is 44.9 Å². The highest BCUT2D eigenvalue weighted by atomic mass is 16.7. The third-order valence-corrected chi connectivity index (χ3v) is 9.98. The molecule has 2 aliphatic heterocycles. The predicted octanol–water partition coefficient (Wildman–Crippen LogP) is 0.827. The molecule has 0 spiro atoms. The van der Waals surface area contributed by atoms with E-state index in [1.165, 1.54) is 18.2 Å². The molecule has 2 aliphatic carbocycles. The average molecular weight is 645 g/mol. The summed E-state index contributed by atoms with van der Waals surface area (Å²) in [5.41, 5.74) is 0. The van der Waals surface area contributed by atoms with Gasteiger partial charge in [-0.1, -0.05) is 45.4 Å². The van der Waals surface area contributed by atoms with E-state index >= 15 is 0 Å². The van der Waals surface area contributed by atoms with Crippen LogP contribution in [-0.4, -0.2) is 131 Å². The molecule has 13 heteroatoms. The van der Waals surface area contributed by atoms with E-state index in [1.54, 1.807) is 27.9 Å². The molecule has 5 unspecified atom stereocenters. The topological polar surface area (TPSA) is 176 Å². The fraction of sp³-hybridized carbons (Fsp3) is 0.938. The van der Waals surface area contributed by atoms with Gasteiger partial charge in [0.05, 0.1) is 24.4 Å². The van der Waals surface area contributed by atoms with Crippen molar-refractivity contribution in [2.45, 2.75) is 165 Å². The van der Waals surface area contributed by atoms with Crippen LogP contribution in [0.3, 0.4) is 0 Å². The van der Waals surface area contributed by atoms with Crippen molar-refractivity contribution in [2.75, 3.05) is 14.1 Å². The summed E-state index contributed by atoms with van der Waals surface area (Å²) in [5, 5.41) is 45.3. The Labute approximate surface area is 266 Å². The number of nitrogens with one attached hydrogen (secondary N) is 1. The van der Waals surface area contributed by atoms with E-state index in [9.17, 15) is 30.0 Å². The van der Waals surface area contributed by atoms with Crippen molar-refractivity contribution < 1.29 is 53.7 Å². The second kappa shape index (κ2) is 16.1. The van der Waals surface area contributed by atoms with Gasteiger partial charge in [0.2, 0.25) is 5.91 Å². The Morgan fingerprint density at radius 3 is 2.09 bits per heavy atom. The third kappa shape index (κ3) is 8.94. The highest BCUT2D eigenvalue weighted by molar-refractivity contribution is 5.80. The number of rotatable bonds is 10. The van der Waals surface area contributed by atoms with Crippen molar-refractivity contribution >= 4 is 11.8 Å². The molecule has 2 amide bonds. The summed E-state index contributed by atoms with van der Waals surface area (Å²) in [5.74, 6) is -0.266. The van der Waals surface area contributed by atoms with Crippen molar-refractivity contribution in [3.63, 3.8) is 0 Å². The van der Waals surface area contributed by atoms with Crippen LogP contribution in [0.5, 0.6) is 0 Å². The molecule has 4 fully saturated rings. The molecule has 4 rings (SSSR count). The minimum absolute atomic E-state index is 0.0192. The fourth-order valence-corrected chi connectivity index (χ4v) is 7.25. The number of aliphatic hydroxyl groups is 4. The Hall–Kier alpha value is -1.42. The molecular weight excluding hydrogens is 588 g/mol. The van der Waals surface area contributed by atoms with E-state index in [2.05, 4.69) is 5.32 Å². The summed E-state index contributed by atoms with van der Waals surface area (Å²) in [6, 6.07) is -0.941. The first-order valence-corrected chi connectivity index (χ1v) is 16.8. The van der Waals surface area contributed by atoms with E-state index in [0.29, 0.717) is 18.8 Å². The Morgan fingerprint density at radius 2 is 1.44 bits per heavy atom. The number of nitrogens with zero attached hydrogens (tertiary/aromatic N) is 1. The Morgan fingerprint density at radius 1 is 0.800 bits per heavy atom. The van der Waals surface area contributed by atoms with Crippen molar-refractivity contribution in [1.82, 2.24) is 10.2 Å². The lowest BCUT2D eigenvalue weighted by Gasteiger charge is -2.48. The Kier molecular flexibility index (Phi) is 13.0. The van der Waals surface area contributed by atoms with Crippen LogP contribution in [0.25, 0.3) is 0 Å². The Balaban J connectivity index is 1.56. The zero-order valence-corrected chi connectivity index (χ0v) is 27.6. The SMILES string of the molecule is CC(=O)NC1C(O[C@@H](CC2CCCCC2)C(=O)N(C)C)[C@H](O)[C@H](C)O[C@H]1O[C@@H]1CCCC(C)[C@@H]1OC1O[C@@H](C)[C@H](O)C(O)[C@@H]1O. The average Bonchev–Trinajstić information content (AvgIpc) is 2.99. The van der Waals surface area contributed by atoms with E-state index in [0.717, 1.165) is 38.5 Å².